The number of benzene rings is 1. The van der Waals surface area contributed by atoms with Gasteiger partial charge in [-0.25, -0.2) is 0 Å². The summed E-state index contributed by atoms with van der Waals surface area (Å²) in [5, 5.41) is 3.11. The number of amides is 2. The molecule has 1 aliphatic carbocycles. The summed E-state index contributed by atoms with van der Waals surface area (Å²) in [6.07, 6.45) is 10.6. The van der Waals surface area contributed by atoms with Crippen molar-refractivity contribution in [2.45, 2.75) is 109 Å². The second-order valence-electron chi connectivity index (χ2n) is 11.3. The molecule has 6 nitrogen and oxygen atoms in total. The number of hydrogen-bond acceptors (Lipinski definition) is 4. The van der Waals surface area contributed by atoms with Gasteiger partial charge in [0.1, 0.15) is 17.3 Å². The van der Waals surface area contributed by atoms with Gasteiger partial charge < -0.3 is 15.0 Å². The van der Waals surface area contributed by atoms with Gasteiger partial charge in [-0.05, 0) is 75.0 Å². The number of piperidine rings is 1. The second kappa shape index (κ2) is 11.8. The lowest BCUT2D eigenvalue weighted by Gasteiger charge is -2.52. The topological polar surface area (TPSA) is 61.9 Å². The van der Waals surface area contributed by atoms with Crippen LogP contribution in [0.15, 0.2) is 24.3 Å². The number of nitrogens with one attached hydrogen (secondary N) is 1. The Kier molecular flexibility index (Phi) is 8.74. The van der Waals surface area contributed by atoms with Gasteiger partial charge in [0, 0.05) is 26.2 Å². The average molecular weight is 484 g/mol. The number of rotatable bonds is 9. The van der Waals surface area contributed by atoms with Crippen LogP contribution in [0.2, 0.25) is 0 Å². The highest BCUT2D eigenvalue weighted by Crippen LogP contribution is 2.35. The van der Waals surface area contributed by atoms with Crippen molar-refractivity contribution in [1.82, 2.24) is 15.1 Å². The molecule has 1 spiro atoms. The Hall–Kier alpha value is -2.08. The smallest absolute Gasteiger partial charge is 0.246 e. The molecule has 6 heteroatoms. The minimum absolute atomic E-state index is 0.0581. The highest BCUT2D eigenvalue weighted by Gasteiger charge is 2.53. The molecular weight excluding hydrogens is 438 g/mol. The van der Waals surface area contributed by atoms with Gasteiger partial charge in [0.2, 0.25) is 11.8 Å². The Balaban J connectivity index is 1.36. The number of nitrogens with zero attached hydrogens (tertiary/aromatic N) is 2. The highest BCUT2D eigenvalue weighted by atomic mass is 16.5. The van der Waals surface area contributed by atoms with E-state index in [0.717, 1.165) is 38.2 Å². The molecular formula is C29H45N3O3. The summed E-state index contributed by atoms with van der Waals surface area (Å²) in [7, 11) is 0. The van der Waals surface area contributed by atoms with Crippen LogP contribution in [0.3, 0.4) is 0 Å². The summed E-state index contributed by atoms with van der Waals surface area (Å²) in [5.41, 5.74) is 0.578. The summed E-state index contributed by atoms with van der Waals surface area (Å²) in [5.74, 6) is 1.52. The maximum atomic E-state index is 13.4. The lowest BCUT2D eigenvalue weighted by molar-refractivity contribution is -0.161. The Morgan fingerprint density at radius 2 is 1.74 bits per heavy atom. The molecule has 4 rings (SSSR count). The van der Waals surface area contributed by atoms with Crippen LogP contribution in [0.5, 0.6) is 5.75 Å². The third-order valence-electron chi connectivity index (χ3n) is 8.12. The summed E-state index contributed by atoms with van der Waals surface area (Å²) in [6.45, 7) is 9.53. The molecule has 194 valence electrons. The van der Waals surface area contributed by atoms with Gasteiger partial charge in [0.25, 0.3) is 0 Å². The lowest BCUT2D eigenvalue weighted by atomic mass is 9.80. The largest absolute Gasteiger partial charge is 0.490 e. The molecule has 3 aliphatic rings. The number of ether oxygens (including phenoxy) is 1. The van der Waals surface area contributed by atoms with E-state index in [9.17, 15) is 9.59 Å². The Bertz CT molecular complexity index is 839. The lowest BCUT2D eigenvalue weighted by Crippen LogP contribution is -2.73. The predicted molar refractivity (Wildman–Crippen MR) is 139 cm³/mol. The van der Waals surface area contributed by atoms with E-state index in [1.807, 2.05) is 4.90 Å². The molecule has 35 heavy (non-hydrogen) atoms. The SMILES string of the molecule is CCCCN1C(=O)[C@H](CC(C)C)NC(=O)C12CCN(Cc1ccc(OC3CCCCC3)cc1)CC2. The zero-order valence-electron chi connectivity index (χ0n) is 22.1. The van der Waals surface area contributed by atoms with Crippen molar-refractivity contribution >= 4 is 11.8 Å². The standard InChI is InChI=1S/C29H45N3O3/c1-4-5-17-32-27(33)26(20-22(2)3)30-28(34)29(32)15-18-31(19-16-29)21-23-11-13-25(14-12-23)35-24-9-7-6-8-10-24/h11-14,22,24,26H,4-10,15-21H2,1-3H3,(H,30,34)/t26-/m0/s1. The third-order valence-corrected chi connectivity index (χ3v) is 8.12. The quantitative estimate of drug-likeness (QED) is 0.542. The van der Waals surface area contributed by atoms with Crippen molar-refractivity contribution in [3.63, 3.8) is 0 Å². The number of carbonyl (C=O) groups excluding carboxylic acids is 2. The van der Waals surface area contributed by atoms with Gasteiger partial charge in [0.05, 0.1) is 6.10 Å². The van der Waals surface area contributed by atoms with Crippen LogP contribution in [0.25, 0.3) is 0 Å². The van der Waals surface area contributed by atoms with Crippen LogP contribution < -0.4 is 10.1 Å². The van der Waals surface area contributed by atoms with E-state index in [2.05, 4.69) is 55.3 Å². The summed E-state index contributed by atoms with van der Waals surface area (Å²) >= 11 is 0. The summed E-state index contributed by atoms with van der Waals surface area (Å²) in [6, 6.07) is 8.17. The molecule has 2 heterocycles. The van der Waals surface area contributed by atoms with Crippen molar-refractivity contribution < 1.29 is 14.3 Å². The van der Waals surface area contributed by atoms with E-state index >= 15 is 0 Å². The molecule has 2 saturated heterocycles. The van der Waals surface area contributed by atoms with Crippen molar-refractivity contribution in [2.24, 2.45) is 5.92 Å². The normalized spacial score (nSPS) is 23.7. The van der Waals surface area contributed by atoms with E-state index < -0.39 is 5.54 Å². The van der Waals surface area contributed by atoms with Crippen LogP contribution in [0.1, 0.15) is 90.5 Å². The molecule has 2 aliphatic heterocycles. The zero-order valence-corrected chi connectivity index (χ0v) is 22.1. The Labute approximate surface area is 211 Å². The minimum Gasteiger partial charge on any atom is -0.490 e. The van der Waals surface area contributed by atoms with Crippen LogP contribution in [-0.2, 0) is 16.1 Å². The maximum absolute atomic E-state index is 13.4. The van der Waals surface area contributed by atoms with E-state index in [-0.39, 0.29) is 17.9 Å². The zero-order chi connectivity index (χ0) is 24.8. The van der Waals surface area contributed by atoms with Crippen LogP contribution in [0, 0.1) is 5.92 Å². The second-order valence-corrected chi connectivity index (χ2v) is 11.3. The molecule has 0 aromatic heterocycles. The third kappa shape index (κ3) is 6.19. The molecule has 1 atom stereocenters. The molecule has 1 saturated carbocycles. The fourth-order valence-electron chi connectivity index (χ4n) is 6.03. The molecule has 1 aromatic carbocycles. The van der Waals surface area contributed by atoms with Crippen molar-refractivity contribution in [2.75, 3.05) is 19.6 Å². The fraction of sp³-hybridized carbons (Fsp3) is 0.724. The van der Waals surface area contributed by atoms with Gasteiger partial charge in [-0.15, -0.1) is 0 Å². The van der Waals surface area contributed by atoms with Crippen molar-refractivity contribution in [1.29, 1.82) is 0 Å². The van der Waals surface area contributed by atoms with E-state index in [0.29, 0.717) is 37.8 Å². The van der Waals surface area contributed by atoms with E-state index in [1.165, 1.54) is 37.7 Å². The summed E-state index contributed by atoms with van der Waals surface area (Å²) < 4.78 is 6.18. The highest BCUT2D eigenvalue weighted by molar-refractivity contribution is 6.00. The monoisotopic (exact) mass is 483 g/mol. The summed E-state index contributed by atoms with van der Waals surface area (Å²) in [4.78, 5) is 31.2. The van der Waals surface area contributed by atoms with Crippen molar-refractivity contribution in [3.05, 3.63) is 29.8 Å². The Morgan fingerprint density at radius 1 is 1.06 bits per heavy atom. The average Bonchev–Trinajstić information content (AvgIpc) is 2.85. The fourth-order valence-corrected chi connectivity index (χ4v) is 6.03. The van der Waals surface area contributed by atoms with Crippen LogP contribution in [-0.4, -0.2) is 58.9 Å². The first-order chi connectivity index (χ1) is 16.9. The number of piperazine rings is 1. The van der Waals surface area contributed by atoms with Gasteiger partial charge in [-0.1, -0.05) is 45.7 Å². The maximum Gasteiger partial charge on any atom is 0.246 e. The van der Waals surface area contributed by atoms with Crippen LogP contribution in [0.4, 0.5) is 0 Å². The number of likely N-dealkylation sites (tertiary alicyclic amines) is 1. The first-order valence-corrected chi connectivity index (χ1v) is 14.0. The van der Waals surface area contributed by atoms with Crippen LogP contribution >= 0.6 is 0 Å². The molecule has 1 aromatic rings. The van der Waals surface area contributed by atoms with E-state index in [1.54, 1.807) is 0 Å². The Morgan fingerprint density at radius 3 is 2.37 bits per heavy atom. The van der Waals surface area contributed by atoms with E-state index in [4.69, 9.17) is 4.74 Å². The number of unbranched alkanes of at least 4 members (excludes halogenated alkanes) is 1. The first kappa shape index (κ1) is 26.0. The number of carbonyl (C=O) groups is 2. The number of hydrogen-bond donors (Lipinski definition) is 1. The minimum atomic E-state index is -0.687. The molecule has 1 N–H and O–H groups in total. The molecule has 3 fully saturated rings. The van der Waals surface area contributed by atoms with Gasteiger partial charge in [-0.3, -0.25) is 14.5 Å². The predicted octanol–water partition coefficient (Wildman–Crippen LogP) is 4.91. The van der Waals surface area contributed by atoms with Crippen molar-refractivity contribution in [3.8, 4) is 5.75 Å². The van der Waals surface area contributed by atoms with Gasteiger partial charge in [-0.2, -0.15) is 0 Å². The molecule has 2 amide bonds. The molecule has 0 unspecified atom stereocenters. The molecule has 0 radical (unpaired) electrons. The van der Waals surface area contributed by atoms with Gasteiger partial charge in [0.15, 0.2) is 0 Å². The van der Waals surface area contributed by atoms with Gasteiger partial charge >= 0.3 is 0 Å². The molecule has 0 bridgehead atoms. The first-order valence-electron chi connectivity index (χ1n) is 14.0.